The predicted molar refractivity (Wildman–Crippen MR) is 77.3 cm³/mol. The maximum absolute atomic E-state index is 12.4. The second kappa shape index (κ2) is 5.91. The van der Waals surface area contributed by atoms with Crippen LogP contribution in [0.15, 0.2) is 10.5 Å². The first-order valence-corrected chi connectivity index (χ1v) is 7.45. The van der Waals surface area contributed by atoms with Crippen LogP contribution in [0.1, 0.15) is 56.5 Å². The standard InChI is InChI=1S/C14H22BrNO2/c1-6-16(7-2)13(17)10-8-12(14(3,4)5)18-11(10)9-15/h8H,6-7,9H2,1-5H3. The third kappa shape index (κ3) is 3.16. The summed E-state index contributed by atoms with van der Waals surface area (Å²) in [5.41, 5.74) is 0.596. The highest BCUT2D eigenvalue weighted by Gasteiger charge is 2.25. The summed E-state index contributed by atoms with van der Waals surface area (Å²) in [4.78, 5) is 14.2. The lowest BCUT2D eigenvalue weighted by Gasteiger charge is -2.18. The summed E-state index contributed by atoms with van der Waals surface area (Å²) in [6.07, 6.45) is 0. The molecule has 0 aliphatic heterocycles. The van der Waals surface area contributed by atoms with Crippen LogP contribution < -0.4 is 0 Å². The van der Waals surface area contributed by atoms with Gasteiger partial charge in [0.05, 0.1) is 10.9 Å². The molecule has 0 unspecified atom stereocenters. The molecule has 0 spiro atoms. The highest BCUT2D eigenvalue weighted by molar-refractivity contribution is 9.08. The Kier molecular flexibility index (Phi) is 5.02. The van der Waals surface area contributed by atoms with Gasteiger partial charge in [-0.2, -0.15) is 0 Å². The molecular formula is C14H22BrNO2. The van der Waals surface area contributed by atoms with Crippen molar-refractivity contribution < 1.29 is 9.21 Å². The zero-order chi connectivity index (χ0) is 13.9. The van der Waals surface area contributed by atoms with E-state index < -0.39 is 0 Å². The molecule has 102 valence electrons. The first kappa shape index (κ1) is 15.3. The molecule has 0 atom stereocenters. The van der Waals surface area contributed by atoms with E-state index in [2.05, 4.69) is 36.7 Å². The maximum atomic E-state index is 12.4. The van der Waals surface area contributed by atoms with E-state index in [0.717, 1.165) is 11.5 Å². The van der Waals surface area contributed by atoms with Crippen LogP contribution in [0, 0.1) is 0 Å². The molecule has 0 saturated carbocycles. The minimum absolute atomic E-state index is 0.0497. The van der Waals surface area contributed by atoms with Gasteiger partial charge < -0.3 is 9.32 Å². The highest BCUT2D eigenvalue weighted by atomic mass is 79.9. The van der Waals surface area contributed by atoms with E-state index in [1.165, 1.54) is 0 Å². The summed E-state index contributed by atoms with van der Waals surface area (Å²) in [7, 11) is 0. The predicted octanol–water partition coefficient (Wildman–Crippen LogP) is 3.95. The van der Waals surface area contributed by atoms with Crippen LogP contribution in [0.5, 0.6) is 0 Å². The van der Waals surface area contributed by atoms with Crippen molar-refractivity contribution in [1.82, 2.24) is 4.90 Å². The van der Waals surface area contributed by atoms with Crippen LogP contribution in [0.3, 0.4) is 0 Å². The minimum Gasteiger partial charge on any atom is -0.464 e. The van der Waals surface area contributed by atoms with E-state index in [4.69, 9.17) is 4.42 Å². The molecule has 18 heavy (non-hydrogen) atoms. The molecule has 4 heteroatoms. The number of hydrogen-bond acceptors (Lipinski definition) is 2. The lowest BCUT2D eigenvalue weighted by molar-refractivity contribution is 0.0771. The largest absolute Gasteiger partial charge is 0.464 e. The van der Waals surface area contributed by atoms with Crippen molar-refractivity contribution in [2.45, 2.75) is 45.4 Å². The summed E-state index contributed by atoms with van der Waals surface area (Å²) in [5.74, 6) is 1.62. The van der Waals surface area contributed by atoms with Gasteiger partial charge in [-0.05, 0) is 19.9 Å². The maximum Gasteiger partial charge on any atom is 0.257 e. The van der Waals surface area contributed by atoms with Crippen LogP contribution in [0.4, 0.5) is 0 Å². The summed E-state index contributed by atoms with van der Waals surface area (Å²) in [5, 5.41) is 0.561. The number of carbonyl (C=O) groups excluding carboxylic acids is 1. The molecule has 1 aromatic heterocycles. The van der Waals surface area contributed by atoms with Crippen molar-refractivity contribution in [3.8, 4) is 0 Å². The molecule has 1 amide bonds. The number of halogens is 1. The number of nitrogens with zero attached hydrogens (tertiary/aromatic N) is 1. The number of alkyl halides is 1. The average molecular weight is 316 g/mol. The number of carbonyl (C=O) groups is 1. The molecule has 3 nitrogen and oxygen atoms in total. The monoisotopic (exact) mass is 315 g/mol. The Morgan fingerprint density at radius 3 is 2.28 bits per heavy atom. The zero-order valence-electron chi connectivity index (χ0n) is 11.8. The van der Waals surface area contributed by atoms with Crippen LogP contribution in [0.2, 0.25) is 0 Å². The molecule has 0 bridgehead atoms. The van der Waals surface area contributed by atoms with Gasteiger partial charge in [-0.25, -0.2) is 0 Å². The van der Waals surface area contributed by atoms with Crippen molar-refractivity contribution in [2.24, 2.45) is 0 Å². The van der Waals surface area contributed by atoms with Crippen molar-refractivity contribution in [1.29, 1.82) is 0 Å². The fraction of sp³-hybridized carbons (Fsp3) is 0.643. The lowest BCUT2D eigenvalue weighted by Crippen LogP contribution is -2.30. The Morgan fingerprint density at radius 2 is 1.89 bits per heavy atom. The quantitative estimate of drug-likeness (QED) is 0.788. The summed E-state index contributed by atoms with van der Waals surface area (Å²) in [6, 6.07) is 1.89. The molecule has 0 radical (unpaired) electrons. The average Bonchev–Trinajstić information content (AvgIpc) is 2.73. The Hall–Kier alpha value is -0.770. The van der Waals surface area contributed by atoms with E-state index in [1.54, 1.807) is 0 Å². The van der Waals surface area contributed by atoms with Gasteiger partial charge in [-0.3, -0.25) is 4.79 Å². The van der Waals surface area contributed by atoms with Gasteiger partial charge >= 0.3 is 0 Å². The highest BCUT2D eigenvalue weighted by Crippen LogP contribution is 2.29. The van der Waals surface area contributed by atoms with Crippen molar-refractivity contribution in [3.63, 3.8) is 0 Å². The number of amides is 1. The van der Waals surface area contributed by atoms with Crippen molar-refractivity contribution in [2.75, 3.05) is 13.1 Å². The van der Waals surface area contributed by atoms with Gasteiger partial charge in [0.1, 0.15) is 11.5 Å². The van der Waals surface area contributed by atoms with Gasteiger partial charge in [0.15, 0.2) is 0 Å². The fourth-order valence-corrected chi connectivity index (χ4v) is 2.18. The topological polar surface area (TPSA) is 33.5 Å². The van der Waals surface area contributed by atoms with E-state index in [9.17, 15) is 4.79 Å². The second-order valence-electron chi connectivity index (χ2n) is 5.31. The molecule has 1 aromatic rings. The van der Waals surface area contributed by atoms with E-state index in [1.807, 2.05) is 24.8 Å². The molecule has 0 fully saturated rings. The SMILES string of the molecule is CCN(CC)C(=O)c1cc(C(C)(C)C)oc1CBr. The summed E-state index contributed by atoms with van der Waals surface area (Å²) >= 11 is 3.39. The first-order chi connectivity index (χ1) is 8.35. The molecule has 0 saturated heterocycles. The molecule has 1 heterocycles. The zero-order valence-corrected chi connectivity index (χ0v) is 13.4. The van der Waals surface area contributed by atoms with Crippen LogP contribution >= 0.6 is 15.9 Å². The Labute approximate surface area is 118 Å². The van der Waals surface area contributed by atoms with Gasteiger partial charge in [0.2, 0.25) is 0 Å². The van der Waals surface area contributed by atoms with Crippen molar-refractivity contribution >= 4 is 21.8 Å². The Bertz CT molecular complexity index is 414. The first-order valence-electron chi connectivity index (χ1n) is 6.33. The van der Waals surface area contributed by atoms with Crippen molar-refractivity contribution in [3.05, 3.63) is 23.2 Å². The fourth-order valence-electron chi connectivity index (χ4n) is 1.76. The number of rotatable bonds is 4. The van der Waals surface area contributed by atoms with E-state index >= 15 is 0 Å². The molecule has 0 aliphatic rings. The Morgan fingerprint density at radius 1 is 1.33 bits per heavy atom. The smallest absolute Gasteiger partial charge is 0.257 e. The summed E-state index contributed by atoms with van der Waals surface area (Å²) in [6.45, 7) is 11.6. The van der Waals surface area contributed by atoms with Gasteiger partial charge in [0, 0.05) is 18.5 Å². The molecule has 0 aliphatic carbocycles. The third-order valence-corrected chi connectivity index (χ3v) is 3.46. The lowest BCUT2D eigenvalue weighted by atomic mass is 9.93. The van der Waals surface area contributed by atoms with Gasteiger partial charge in [-0.1, -0.05) is 36.7 Å². The van der Waals surface area contributed by atoms with E-state index in [0.29, 0.717) is 24.0 Å². The van der Waals surface area contributed by atoms with Gasteiger partial charge in [0.25, 0.3) is 5.91 Å². The number of furan rings is 1. The molecule has 0 N–H and O–H groups in total. The van der Waals surface area contributed by atoms with Crippen LogP contribution in [0.25, 0.3) is 0 Å². The number of hydrogen-bond donors (Lipinski definition) is 0. The molecule has 1 rings (SSSR count). The van der Waals surface area contributed by atoms with Crippen LogP contribution in [-0.4, -0.2) is 23.9 Å². The van der Waals surface area contributed by atoms with Crippen LogP contribution in [-0.2, 0) is 10.7 Å². The Balaban J connectivity index is 3.16. The summed E-state index contributed by atoms with van der Waals surface area (Å²) < 4.78 is 5.79. The molecular weight excluding hydrogens is 294 g/mol. The third-order valence-electron chi connectivity index (χ3n) is 2.95. The molecule has 0 aromatic carbocycles. The minimum atomic E-state index is -0.0846. The van der Waals surface area contributed by atoms with E-state index in [-0.39, 0.29) is 11.3 Å². The van der Waals surface area contributed by atoms with Gasteiger partial charge in [-0.15, -0.1) is 0 Å². The second-order valence-corrected chi connectivity index (χ2v) is 5.87. The normalized spacial score (nSPS) is 11.7.